The van der Waals surface area contributed by atoms with Gasteiger partial charge in [-0.3, -0.25) is 0 Å². The van der Waals surface area contributed by atoms with Gasteiger partial charge in [-0.25, -0.2) is 9.59 Å². The molecule has 4 atom stereocenters. The molecule has 7 heteroatoms. The Bertz CT molecular complexity index is 850. The van der Waals surface area contributed by atoms with Crippen molar-refractivity contribution >= 4 is 11.9 Å². The normalized spacial score (nSPS) is 26.5. The van der Waals surface area contributed by atoms with Gasteiger partial charge in [0.25, 0.3) is 0 Å². The van der Waals surface area contributed by atoms with Crippen LogP contribution in [-0.4, -0.2) is 57.8 Å². The van der Waals surface area contributed by atoms with E-state index in [0.717, 1.165) is 0 Å². The number of aliphatic hydroxyl groups is 3. The van der Waals surface area contributed by atoms with E-state index in [0.29, 0.717) is 0 Å². The summed E-state index contributed by atoms with van der Waals surface area (Å²) in [5.41, 5.74) is -1.71. The molecule has 146 valence electrons. The van der Waals surface area contributed by atoms with Crippen LogP contribution in [0.25, 0.3) is 0 Å². The molecule has 0 fully saturated rings. The van der Waals surface area contributed by atoms with Crippen LogP contribution in [0.4, 0.5) is 0 Å². The van der Waals surface area contributed by atoms with Crippen LogP contribution in [0.5, 0.6) is 0 Å². The second kappa shape index (κ2) is 8.35. The molecule has 0 saturated carbocycles. The molecule has 0 heterocycles. The van der Waals surface area contributed by atoms with Crippen LogP contribution in [0.15, 0.2) is 72.8 Å². The standard InChI is InChI=1S/C21H20O7/c22-17-12-11-16(28-20(25)15-9-5-2-6-10-15)18(23)21(17,26)13-27-19(24)14-7-3-1-4-8-14/h1-12,16-18,22-23,26H,13H2/t16-,17-,18-,21+/m0/s1. The molecule has 0 aliphatic heterocycles. The molecule has 3 N–H and O–H groups in total. The maximum atomic E-state index is 12.2. The van der Waals surface area contributed by atoms with E-state index in [4.69, 9.17) is 9.47 Å². The summed E-state index contributed by atoms with van der Waals surface area (Å²) in [7, 11) is 0. The number of esters is 2. The molecule has 2 aromatic carbocycles. The first-order valence-electron chi connectivity index (χ1n) is 8.67. The molecule has 28 heavy (non-hydrogen) atoms. The highest BCUT2D eigenvalue weighted by molar-refractivity contribution is 5.90. The fourth-order valence-corrected chi connectivity index (χ4v) is 2.83. The first kappa shape index (κ1) is 19.8. The van der Waals surface area contributed by atoms with Crippen molar-refractivity contribution in [2.75, 3.05) is 6.61 Å². The Kier molecular flexibility index (Phi) is 5.89. The molecule has 0 unspecified atom stereocenters. The van der Waals surface area contributed by atoms with Crippen molar-refractivity contribution in [1.29, 1.82) is 0 Å². The molecule has 7 nitrogen and oxygen atoms in total. The predicted octanol–water partition coefficient (Wildman–Crippen LogP) is 1.09. The van der Waals surface area contributed by atoms with Crippen molar-refractivity contribution < 1.29 is 34.4 Å². The third kappa shape index (κ3) is 4.12. The third-order valence-corrected chi connectivity index (χ3v) is 4.52. The summed E-state index contributed by atoms with van der Waals surface area (Å²) in [5, 5.41) is 31.4. The van der Waals surface area contributed by atoms with Gasteiger partial charge in [-0.15, -0.1) is 0 Å². The zero-order chi connectivity index (χ0) is 20.1. The van der Waals surface area contributed by atoms with Gasteiger partial charge in [0.1, 0.15) is 24.9 Å². The van der Waals surface area contributed by atoms with Crippen molar-refractivity contribution in [3.8, 4) is 0 Å². The number of hydrogen-bond donors (Lipinski definition) is 3. The fourth-order valence-electron chi connectivity index (χ4n) is 2.83. The first-order valence-corrected chi connectivity index (χ1v) is 8.67. The first-order chi connectivity index (χ1) is 13.4. The van der Waals surface area contributed by atoms with Gasteiger partial charge in [-0.1, -0.05) is 42.5 Å². The maximum absolute atomic E-state index is 12.2. The van der Waals surface area contributed by atoms with Crippen LogP contribution in [0, 0.1) is 0 Å². The Morgan fingerprint density at radius 3 is 1.96 bits per heavy atom. The van der Waals surface area contributed by atoms with Crippen LogP contribution in [0.2, 0.25) is 0 Å². The Labute approximate surface area is 161 Å². The van der Waals surface area contributed by atoms with Crippen molar-refractivity contribution in [3.63, 3.8) is 0 Å². The van der Waals surface area contributed by atoms with Crippen LogP contribution in [0.3, 0.4) is 0 Å². The van der Waals surface area contributed by atoms with Gasteiger partial charge in [-0.2, -0.15) is 0 Å². The number of benzene rings is 2. The van der Waals surface area contributed by atoms with Gasteiger partial charge >= 0.3 is 11.9 Å². The summed E-state index contributed by atoms with van der Waals surface area (Å²) in [6.45, 7) is -0.688. The topological polar surface area (TPSA) is 113 Å². The van der Waals surface area contributed by atoms with E-state index in [1.54, 1.807) is 48.5 Å². The highest BCUT2D eigenvalue weighted by atomic mass is 16.6. The lowest BCUT2D eigenvalue weighted by Gasteiger charge is -2.40. The molecule has 0 radical (unpaired) electrons. The van der Waals surface area contributed by atoms with Crippen LogP contribution >= 0.6 is 0 Å². The van der Waals surface area contributed by atoms with E-state index < -0.39 is 42.5 Å². The monoisotopic (exact) mass is 384 g/mol. The van der Waals surface area contributed by atoms with Crippen molar-refractivity contribution in [1.82, 2.24) is 0 Å². The van der Waals surface area contributed by atoms with Gasteiger partial charge in [-0.05, 0) is 30.3 Å². The number of ether oxygens (including phenoxy) is 2. The van der Waals surface area contributed by atoms with Gasteiger partial charge in [0.05, 0.1) is 11.1 Å². The van der Waals surface area contributed by atoms with E-state index >= 15 is 0 Å². The summed E-state index contributed by atoms with van der Waals surface area (Å²) in [6.07, 6.45) is -1.98. The summed E-state index contributed by atoms with van der Waals surface area (Å²) in [6, 6.07) is 16.2. The Morgan fingerprint density at radius 2 is 1.39 bits per heavy atom. The summed E-state index contributed by atoms with van der Waals surface area (Å²) in [4.78, 5) is 24.3. The molecule has 1 aliphatic rings. The average molecular weight is 384 g/mol. The lowest BCUT2D eigenvalue weighted by atomic mass is 9.83. The van der Waals surface area contributed by atoms with E-state index in [9.17, 15) is 24.9 Å². The number of hydrogen-bond acceptors (Lipinski definition) is 7. The van der Waals surface area contributed by atoms with Gasteiger partial charge in [0, 0.05) is 0 Å². The predicted molar refractivity (Wildman–Crippen MR) is 98.5 cm³/mol. The van der Waals surface area contributed by atoms with Crippen LogP contribution in [0.1, 0.15) is 20.7 Å². The molecule has 1 aliphatic carbocycles. The minimum Gasteiger partial charge on any atom is -0.459 e. The SMILES string of the molecule is O=C(OC[C@@]1(O)[C@@H](O)C=C[C@H](OC(=O)c2ccccc2)[C@@H]1O)c1ccccc1. The number of rotatable bonds is 5. The van der Waals surface area contributed by atoms with Crippen molar-refractivity contribution in [2.45, 2.75) is 23.9 Å². The minimum absolute atomic E-state index is 0.258. The number of carbonyl (C=O) groups is 2. The molecule has 0 aromatic heterocycles. The Hall–Kier alpha value is -3.00. The van der Waals surface area contributed by atoms with Gasteiger partial charge in [0.2, 0.25) is 0 Å². The van der Waals surface area contributed by atoms with E-state index in [2.05, 4.69) is 0 Å². The molecule has 0 bridgehead atoms. The molecule has 0 spiro atoms. The minimum atomic E-state index is -2.24. The van der Waals surface area contributed by atoms with Crippen molar-refractivity contribution in [2.24, 2.45) is 0 Å². The van der Waals surface area contributed by atoms with E-state index in [1.807, 2.05) is 0 Å². The number of aliphatic hydroxyl groups excluding tert-OH is 2. The highest BCUT2D eigenvalue weighted by Gasteiger charge is 2.50. The fraction of sp³-hybridized carbons (Fsp3) is 0.238. The molecule has 0 amide bonds. The van der Waals surface area contributed by atoms with Gasteiger partial charge in [0.15, 0.2) is 5.60 Å². The molecular weight excluding hydrogens is 364 g/mol. The summed E-state index contributed by atoms with van der Waals surface area (Å²) in [5.74, 6) is -1.42. The zero-order valence-corrected chi connectivity index (χ0v) is 14.8. The van der Waals surface area contributed by atoms with Gasteiger partial charge < -0.3 is 24.8 Å². The number of carbonyl (C=O) groups excluding carboxylic acids is 2. The third-order valence-electron chi connectivity index (χ3n) is 4.52. The smallest absolute Gasteiger partial charge is 0.338 e. The van der Waals surface area contributed by atoms with Crippen LogP contribution < -0.4 is 0 Å². The summed E-state index contributed by atoms with van der Waals surface area (Å²) < 4.78 is 10.3. The lowest BCUT2D eigenvalue weighted by Crippen LogP contribution is -2.61. The molecule has 2 aromatic rings. The molecule has 3 rings (SSSR count). The second-order valence-corrected chi connectivity index (χ2v) is 6.44. The lowest BCUT2D eigenvalue weighted by molar-refractivity contribution is -0.183. The zero-order valence-electron chi connectivity index (χ0n) is 14.8. The Morgan fingerprint density at radius 1 is 0.857 bits per heavy atom. The van der Waals surface area contributed by atoms with Crippen LogP contribution in [-0.2, 0) is 9.47 Å². The average Bonchev–Trinajstić information content (AvgIpc) is 2.74. The molecule has 0 saturated heterocycles. The second-order valence-electron chi connectivity index (χ2n) is 6.44. The summed E-state index contributed by atoms with van der Waals surface area (Å²) >= 11 is 0. The highest BCUT2D eigenvalue weighted by Crippen LogP contribution is 2.28. The quantitative estimate of drug-likeness (QED) is 0.522. The molecular formula is C21H20O7. The van der Waals surface area contributed by atoms with Crippen molar-refractivity contribution in [3.05, 3.63) is 83.9 Å². The van der Waals surface area contributed by atoms with E-state index in [-0.39, 0.29) is 11.1 Å². The van der Waals surface area contributed by atoms with E-state index in [1.165, 1.54) is 24.3 Å². The largest absolute Gasteiger partial charge is 0.459 e. The Balaban J connectivity index is 1.69. The maximum Gasteiger partial charge on any atom is 0.338 e.